The summed E-state index contributed by atoms with van der Waals surface area (Å²) in [6.07, 6.45) is 1.00. The number of hydrogen-bond donors (Lipinski definition) is 2. The number of Topliss-reactive ketones (excluding diaryl/α,β-unsaturated/α-hetero) is 1. The Labute approximate surface area is 137 Å². The number of hydrogen-bond acceptors (Lipinski definition) is 3. The van der Waals surface area contributed by atoms with Crippen molar-refractivity contribution in [3.63, 3.8) is 0 Å². The molecule has 5 nitrogen and oxygen atoms in total. The number of H-pyrrole nitrogens is 1. The van der Waals surface area contributed by atoms with Crippen LogP contribution < -0.4 is 10.9 Å². The van der Waals surface area contributed by atoms with E-state index < -0.39 is 17.3 Å². The monoisotopic (exact) mass is 328 g/mol. The van der Waals surface area contributed by atoms with Crippen LogP contribution in [-0.2, 0) is 13.0 Å². The van der Waals surface area contributed by atoms with Crippen molar-refractivity contribution in [1.82, 2.24) is 10.3 Å². The number of aromatic amines is 1. The van der Waals surface area contributed by atoms with Gasteiger partial charge in [0.05, 0.1) is 0 Å². The van der Waals surface area contributed by atoms with Crippen LogP contribution in [0.2, 0.25) is 0 Å². The molecular weight excluding hydrogens is 311 g/mol. The van der Waals surface area contributed by atoms with Gasteiger partial charge >= 0.3 is 0 Å². The average Bonchev–Trinajstić information content (AvgIpc) is 2.53. The third kappa shape index (κ3) is 3.13. The van der Waals surface area contributed by atoms with Gasteiger partial charge in [-0.1, -0.05) is 25.1 Å². The molecule has 0 radical (unpaired) electrons. The summed E-state index contributed by atoms with van der Waals surface area (Å²) in [6.45, 7) is 1.90. The molecule has 1 aromatic heterocycles. The highest BCUT2D eigenvalue weighted by Gasteiger charge is 2.25. The van der Waals surface area contributed by atoms with E-state index in [-0.39, 0.29) is 23.8 Å². The molecule has 6 heteroatoms. The summed E-state index contributed by atoms with van der Waals surface area (Å²) < 4.78 is 13.6. The van der Waals surface area contributed by atoms with Crippen LogP contribution in [0.1, 0.15) is 45.3 Å². The number of amides is 1. The number of halogens is 1. The molecule has 0 aliphatic heterocycles. The molecule has 1 aromatic carbocycles. The van der Waals surface area contributed by atoms with Crippen LogP contribution in [0.3, 0.4) is 0 Å². The lowest BCUT2D eigenvalue weighted by molar-refractivity contribution is 0.0948. The lowest BCUT2D eigenvalue weighted by atomic mass is 9.86. The molecule has 1 amide bonds. The zero-order valence-electron chi connectivity index (χ0n) is 13.2. The molecule has 1 atom stereocenters. The zero-order valence-corrected chi connectivity index (χ0v) is 13.2. The van der Waals surface area contributed by atoms with Gasteiger partial charge in [0.25, 0.3) is 11.5 Å². The Hall–Kier alpha value is -2.76. The predicted molar refractivity (Wildman–Crippen MR) is 86.4 cm³/mol. The summed E-state index contributed by atoms with van der Waals surface area (Å²) >= 11 is 0. The van der Waals surface area contributed by atoms with E-state index in [1.165, 1.54) is 12.1 Å². The first kappa shape index (κ1) is 16.1. The third-order valence-corrected chi connectivity index (χ3v) is 4.15. The van der Waals surface area contributed by atoms with Crippen molar-refractivity contribution < 1.29 is 14.0 Å². The molecule has 0 saturated heterocycles. The average molecular weight is 328 g/mol. The quantitative estimate of drug-likeness (QED) is 0.906. The van der Waals surface area contributed by atoms with E-state index in [4.69, 9.17) is 0 Å². The molecule has 2 N–H and O–H groups in total. The molecule has 1 aliphatic carbocycles. The summed E-state index contributed by atoms with van der Waals surface area (Å²) in [7, 11) is 0. The highest BCUT2D eigenvalue weighted by atomic mass is 19.1. The van der Waals surface area contributed by atoms with Gasteiger partial charge in [-0.2, -0.15) is 0 Å². The number of rotatable bonds is 3. The normalized spacial score (nSPS) is 16.6. The number of benzene rings is 1. The Kier molecular flexibility index (Phi) is 4.29. The second-order valence-corrected chi connectivity index (χ2v) is 6.12. The molecule has 0 bridgehead atoms. The van der Waals surface area contributed by atoms with Crippen LogP contribution in [0.15, 0.2) is 35.1 Å². The van der Waals surface area contributed by atoms with Gasteiger partial charge in [-0.15, -0.1) is 0 Å². The van der Waals surface area contributed by atoms with Gasteiger partial charge < -0.3 is 10.3 Å². The van der Waals surface area contributed by atoms with Crippen molar-refractivity contribution in [3.8, 4) is 0 Å². The second kappa shape index (κ2) is 6.39. The van der Waals surface area contributed by atoms with E-state index in [0.29, 0.717) is 29.7 Å². The molecule has 124 valence electrons. The molecule has 24 heavy (non-hydrogen) atoms. The Morgan fingerprint density at radius 1 is 1.29 bits per heavy atom. The summed E-state index contributed by atoms with van der Waals surface area (Å²) in [4.78, 5) is 39.1. The Bertz CT molecular complexity index is 873. The number of pyridine rings is 1. The van der Waals surface area contributed by atoms with Gasteiger partial charge in [-0.05, 0) is 24.5 Å². The summed E-state index contributed by atoms with van der Waals surface area (Å²) in [5, 5.41) is 2.52. The van der Waals surface area contributed by atoms with Crippen molar-refractivity contribution in [2.75, 3.05) is 0 Å². The van der Waals surface area contributed by atoms with Crippen molar-refractivity contribution in [2.45, 2.75) is 26.3 Å². The highest BCUT2D eigenvalue weighted by molar-refractivity contribution is 6.01. The molecule has 1 aliphatic rings. The van der Waals surface area contributed by atoms with Crippen molar-refractivity contribution in [2.24, 2.45) is 5.92 Å². The number of ketones is 1. The molecule has 0 fully saturated rings. The summed E-state index contributed by atoms with van der Waals surface area (Å²) in [5.41, 5.74) is 0.623. The maximum atomic E-state index is 13.6. The number of nitrogens with one attached hydrogen (secondary N) is 2. The van der Waals surface area contributed by atoms with E-state index in [9.17, 15) is 18.8 Å². The number of aromatic nitrogens is 1. The Morgan fingerprint density at radius 3 is 2.79 bits per heavy atom. The van der Waals surface area contributed by atoms with Gasteiger partial charge in [0.2, 0.25) is 0 Å². The van der Waals surface area contributed by atoms with Gasteiger partial charge in [0.15, 0.2) is 5.78 Å². The van der Waals surface area contributed by atoms with Crippen LogP contribution in [0.4, 0.5) is 4.39 Å². The number of carbonyl (C=O) groups excluding carboxylic acids is 2. The van der Waals surface area contributed by atoms with Crippen LogP contribution >= 0.6 is 0 Å². The zero-order chi connectivity index (χ0) is 17.3. The Morgan fingerprint density at radius 2 is 2.04 bits per heavy atom. The fraction of sp³-hybridized carbons (Fsp3) is 0.278. The lowest BCUT2D eigenvalue weighted by Gasteiger charge is -2.20. The van der Waals surface area contributed by atoms with E-state index in [1.807, 2.05) is 6.92 Å². The fourth-order valence-corrected chi connectivity index (χ4v) is 2.91. The molecule has 0 unspecified atom stereocenters. The van der Waals surface area contributed by atoms with Crippen molar-refractivity contribution >= 4 is 11.7 Å². The highest BCUT2D eigenvalue weighted by Crippen LogP contribution is 2.23. The predicted octanol–water partition coefficient (Wildman–Crippen LogP) is 2.21. The van der Waals surface area contributed by atoms with Gasteiger partial charge in [-0.3, -0.25) is 14.4 Å². The second-order valence-electron chi connectivity index (χ2n) is 6.12. The number of carbonyl (C=O) groups is 2. The molecule has 0 spiro atoms. The van der Waals surface area contributed by atoms with Crippen LogP contribution in [0, 0.1) is 11.7 Å². The van der Waals surface area contributed by atoms with Crippen molar-refractivity contribution in [3.05, 3.63) is 68.9 Å². The number of fused-ring (bicyclic) bond motifs is 1. The SMILES string of the molecule is C[C@@H]1CC(=O)c2cc(C(=O)NCc3ccccc3F)c(=O)[nH]c2C1. The molecule has 3 rings (SSSR count). The molecular formula is C18H17FN2O3. The molecule has 0 saturated carbocycles. The van der Waals surface area contributed by atoms with Gasteiger partial charge in [0.1, 0.15) is 11.4 Å². The summed E-state index contributed by atoms with van der Waals surface area (Å²) in [6, 6.07) is 7.42. The molecule has 1 heterocycles. The van der Waals surface area contributed by atoms with Crippen LogP contribution in [0.25, 0.3) is 0 Å². The van der Waals surface area contributed by atoms with Crippen LogP contribution in [-0.4, -0.2) is 16.7 Å². The maximum absolute atomic E-state index is 13.6. The Balaban J connectivity index is 1.83. The van der Waals surface area contributed by atoms with Gasteiger partial charge in [-0.25, -0.2) is 4.39 Å². The molecule has 2 aromatic rings. The van der Waals surface area contributed by atoms with E-state index in [1.54, 1.807) is 18.2 Å². The first-order valence-corrected chi connectivity index (χ1v) is 7.76. The first-order chi connectivity index (χ1) is 11.5. The fourth-order valence-electron chi connectivity index (χ4n) is 2.91. The third-order valence-electron chi connectivity index (χ3n) is 4.15. The van der Waals surface area contributed by atoms with E-state index >= 15 is 0 Å². The van der Waals surface area contributed by atoms with Gasteiger partial charge in [0, 0.05) is 29.8 Å². The minimum absolute atomic E-state index is 0.0347. The minimum atomic E-state index is -0.631. The lowest BCUT2D eigenvalue weighted by Crippen LogP contribution is -2.32. The van der Waals surface area contributed by atoms with E-state index in [2.05, 4.69) is 10.3 Å². The minimum Gasteiger partial charge on any atom is -0.348 e. The summed E-state index contributed by atoms with van der Waals surface area (Å²) in [5.74, 6) is -0.973. The standard InChI is InChI=1S/C18H17FN2O3/c1-10-6-15-12(16(22)7-10)8-13(18(24)21-15)17(23)20-9-11-4-2-3-5-14(11)19/h2-5,8,10H,6-7,9H2,1H3,(H,20,23)(H,21,24)/t10-/m0/s1. The maximum Gasteiger partial charge on any atom is 0.261 e. The largest absolute Gasteiger partial charge is 0.348 e. The smallest absolute Gasteiger partial charge is 0.261 e. The van der Waals surface area contributed by atoms with Crippen molar-refractivity contribution in [1.29, 1.82) is 0 Å². The van der Waals surface area contributed by atoms with Crippen LogP contribution in [0.5, 0.6) is 0 Å². The topological polar surface area (TPSA) is 79.0 Å². The van der Waals surface area contributed by atoms with E-state index in [0.717, 1.165) is 0 Å². The first-order valence-electron chi connectivity index (χ1n) is 7.76.